The van der Waals surface area contributed by atoms with Crippen molar-refractivity contribution in [1.82, 2.24) is 5.32 Å². The summed E-state index contributed by atoms with van der Waals surface area (Å²) in [5.41, 5.74) is 5.76. The Hall–Kier alpha value is -2.82. The normalized spacial score (nSPS) is 15.8. The molecule has 1 aliphatic heterocycles. The van der Waals surface area contributed by atoms with Crippen LogP contribution in [0.15, 0.2) is 34.7 Å². The number of hydrogen-bond acceptors (Lipinski definition) is 9. The zero-order chi connectivity index (χ0) is 24.5. The van der Waals surface area contributed by atoms with Crippen LogP contribution < -0.4 is 20.5 Å². The largest absolute Gasteiger partial charge is 0.497 e. The van der Waals surface area contributed by atoms with Gasteiger partial charge < -0.3 is 34.7 Å². The second-order valence-electron chi connectivity index (χ2n) is 6.76. The summed E-state index contributed by atoms with van der Waals surface area (Å²) in [6.45, 7) is 0.977. The van der Waals surface area contributed by atoms with E-state index >= 15 is 0 Å². The Morgan fingerprint density at radius 3 is 2.36 bits per heavy atom. The van der Waals surface area contributed by atoms with E-state index in [-0.39, 0.29) is 65.2 Å². The van der Waals surface area contributed by atoms with Crippen LogP contribution in [-0.2, 0) is 23.8 Å². The maximum Gasteiger partial charge on any atom is 0.336 e. The van der Waals surface area contributed by atoms with Crippen LogP contribution in [0.2, 0.25) is 5.02 Å². The smallest absolute Gasteiger partial charge is 0.336 e. The molecule has 2 rings (SSSR count). The van der Waals surface area contributed by atoms with Gasteiger partial charge in [-0.1, -0.05) is 11.6 Å². The highest BCUT2D eigenvalue weighted by atomic mass is 35.5. The first-order valence-corrected chi connectivity index (χ1v) is 10.5. The van der Waals surface area contributed by atoms with Crippen molar-refractivity contribution in [2.45, 2.75) is 12.8 Å². The van der Waals surface area contributed by atoms with Crippen LogP contribution in [0, 0.1) is 0 Å². The van der Waals surface area contributed by atoms with Gasteiger partial charge in [-0.15, -0.1) is 0 Å². The molecule has 0 radical (unpaired) electrons. The van der Waals surface area contributed by atoms with Gasteiger partial charge in [0.2, 0.25) is 0 Å². The lowest BCUT2D eigenvalue weighted by atomic mass is 9.80. The molecule has 0 amide bonds. The van der Waals surface area contributed by atoms with E-state index in [4.69, 9.17) is 41.0 Å². The molecule has 1 aromatic rings. The lowest BCUT2D eigenvalue weighted by molar-refractivity contribution is -0.139. The molecular weight excluding hydrogens is 459 g/mol. The second-order valence-corrected chi connectivity index (χ2v) is 7.14. The van der Waals surface area contributed by atoms with Crippen LogP contribution in [0.5, 0.6) is 11.5 Å². The summed E-state index contributed by atoms with van der Waals surface area (Å²) in [5.74, 6) is -2.16. The van der Waals surface area contributed by atoms with Crippen molar-refractivity contribution >= 4 is 23.5 Å². The predicted octanol–water partition coefficient (Wildman–Crippen LogP) is 2.23. The minimum atomic E-state index is -1.16. The second kappa shape index (κ2) is 12.4. The van der Waals surface area contributed by atoms with E-state index in [1.807, 2.05) is 0 Å². The molecule has 0 saturated heterocycles. The van der Waals surface area contributed by atoms with Crippen molar-refractivity contribution in [2.24, 2.45) is 5.73 Å². The minimum absolute atomic E-state index is 0.0173. The fourth-order valence-corrected chi connectivity index (χ4v) is 3.76. The van der Waals surface area contributed by atoms with Gasteiger partial charge in [-0.05, 0) is 18.6 Å². The molecule has 0 spiro atoms. The number of esters is 2. The molecule has 1 unspecified atom stereocenters. The summed E-state index contributed by atoms with van der Waals surface area (Å²) in [6, 6.07) is 3.08. The zero-order valence-corrected chi connectivity index (χ0v) is 19.7. The lowest BCUT2D eigenvalue weighted by Crippen LogP contribution is -2.36. The zero-order valence-electron chi connectivity index (χ0n) is 19.0. The molecule has 33 heavy (non-hydrogen) atoms. The first-order chi connectivity index (χ1) is 15.9. The van der Waals surface area contributed by atoms with E-state index in [2.05, 4.69) is 5.32 Å². The van der Waals surface area contributed by atoms with E-state index in [1.165, 1.54) is 20.3 Å². The van der Waals surface area contributed by atoms with Crippen molar-refractivity contribution in [3.8, 4) is 11.5 Å². The summed E-state index contributed by atoms with van der Waals surface area (Å²) in [4.78, 5) is 25.9. The molecule has 0 fully saturated rings. The van der Waals surface area contributed by atoms with Gasteiger partial charge in [-0.25, -0.2) is 14.0 Å². The molecule has 1 aliphatic rings. The van der Waals surface area contributed by atoms with Crippen molar-refractivity contribution in [3.63, 3.8) is 0 Å². The van der Waals surface area contributed by atoms with E-state index in [9.17, 15) is 14.0 Å². The molecule has 1 atom stereocenters. The van der Waals surface area contributed by atoms with Crippen LogP contribution in [0.1, 0.15) is 18.4 Å². The van der Waals surface area contributed by atoms with Gasteiger partial charge in [-0.3, -0.25) is 0 Å². The quantitative estimate of drug-likeness (QED) is 0.358. The number of alkyl halides is 1. The molecule has 1 aromatic carbocycles. The Morgan fingerprint density at radius 2 is 1.82 bits per heavy atom. The summed E-state index contributed by atoms with van der Waals surface area (Å²) in [7, 11) is 4.00. The fraction of sp³-hybridized carbons (Fsp3) is 0.455. The number of nitrogens with two attached hydrogens (primary N) is 1. The number of carbonyl (C=O) groups excluding carboxylic acids is 2. The van der Waals surface area contributed by atoms with Crippen molar-refractivity contribution in [3.05, 3.63) is 45.3 Å². The predicted molar refractivity (Wildman–Crippen MR) is 119 cm³/mol. The van der Waals surface area contributed by atoms with Crippen LogP contribution in [0.25, 0.3) is 0 Å². The highest BCUT2D eigenvalue weighted by Crippen LogP contribution is 2.46. The Kier molecular flexibility index (Phi) is 9.95. The topological polar surface area (TPSA) is 118 Å². The molecule has 0 saturated carbocycles. The van der Waals surface area contributed by atoms with Gasteiger partial charge in [0.15, 0.2) is 0 Å². The van der Waals surface area contributed by atoms with Gasteiger partial charge in [-0.2, -0.15) is 0 Å². The molecule has 9 nitrogen and oxygen atoms in total. The molecule has 0 aromatic heterocycles. The number of nitrogens with one attached hydrogen (secondary N) is 1. The summed E-state index contributed by atoms with van der Waals surface area (Å²) in [6.07, 6.45) is 0. The molecule has 1 heterocycles. The standard InChI is InChI=1S/C22H28ClFN2O7/c1-5-33-22(28)19-15(11-32-7-6-25)26-14(10-24)18(21(27)31-4)17(19)13-8-12(29-2)9-16(30-3)20(13)23/h8-9,17,26H,5-7,10-11,25H2,1-4H3. The number of rotatable bonds is 11. The third kappa shape index (κ3) is 5.76. The Balaban J connectivity index is 2.88. The number of dihydropyridines is 1. The maximum atomic E-state index is 14.1. The fourth-order valence-electron chi connectivity index (χ4n) is 3.47. The van der Waals surface area contributed by atoms with E-state index in [0.717, 1.165) is 7.11 Å². The lowest BCUT2D eigenvalue weighted by Gasteiger charge is -2.32. The van der Waals surface area contributed by atoms with Gasteiger partial charge >= 0.3 is 11.9 Å². The summed E-state index contributed by atoms with van der Waals surface area (Å²) >= 11 is 6.60. The molecule has 182 valence electrons. The van der Waals surface area contributed by atoms with Crippen LogP contribution in [0.4, 0.5) is 4.39 Å². The Morgan fingerprint density at radius 1 is 1.12 bits per heavy atom. The number of carbonyl (C=O) groups is 2. The van der Waals surface area contributed by atoms with Gasteiger partial charge in [0.05, 0.1) is 74.6 Å². The van der Waals surface area contributed by atoms with Crippen LogP contribution in [-0.4, -0.2) is 66.3 Å². The van der Waals surface area contributed by atoms with Gasteiger partial charge in [0, 0.05) is 12.6 Å². The third-order valence-electron chi connectivity index (χ3n) is 4.88. The number of hydrogen-bond donors (Lipinski definition) is 2. The highest BCUT2D eigenvalue weighted by molar-refractivity contribution is 6.33. The van der Waals surface area contributed by atoms with Gasteiger partial charge in [0.1, 0.15) is 18.2 Å². The molecular formula is C22H28ClFN2O7. The Bertz CT molecular complexity index is 949. The van der Waals surface area contributed by atoms with Crippen molar-refractivity contribution in [1.29, 1.82) is 0 Å². The van der Waals surface area contributed by atoms with Crippen molar-refractivity contribution < 1.29 is 37.7 Å². The maximum absolute atomic E-state index is 14.1. The minimum Gasteiger partial charge on any atom is -0.497 e. The molecule has 11 heteroatoms. The van der Waals surface area contributed by atoms with Crippen LogP contribution >= 0.6 is 11.6 Å². The van der Waals surface area contributed by atoms with Crippen molar-refractivity contribution in [2.75, 3.05) is 54.4 Å². The summed E-state index contributed by atoms with van der Waals surface area (Å²) in [5, 5.41) is 2.91. The third-order valence-corrected chi connectivity index (χ3v) is 5.28. The van der Waals surface area contributed by atoms with Gasteiger partial charge in [0.25, 0.3) is 0 Å². The number of halogens is 2. The first-order valence-electron chi connectivity index (χ1n) is 10.1. The number of allylic oxidation sites excluding steroid dienone is 1. The molecule has 3 N–H and O–H groups in total. The van der Waals surface area contributed by atoms with Crippen LogP contribution in [0.3, 0.4) is 0 Å². The highest BCUT2D eigenvalue weighted by Gasteiger charge is 2.41. The number of ether oxygens (including phenoxy) is 5. The van der Waals surface area contributed by atoms with E-state index < -0.39 is 24.5 Å². The molecule has 0 aliphatic carbocycles. The Labute approximate surface area is 196 Å². The first kappa shape index (κ1) is 26.4. The number of methoxy groups -OCH3 is 3. The monoisotopic (exact) mass is 486 g/mol. The number of benzene rings is 1. The average Bonchev–Trinajstić information content (AvgIpc) is 2.83. The summed E-state index contributed by atoms with van der Waals surface area (Å²) < 4.78 is 40.5. The SMILES string of the molecule is CCOC(=O)C1=C(COCCN)NC(CF)=C(C(=O)OC)C1c1cc(OC)cc(OC)c1Cl. The average molecular weight is 487 g/mol. The van der Waals surface area contributed by atoms with E-state index in [1.54, 1.807) is 13.0 Å². The van der Waals surface area contributed by atoms with E-state index in [0.29, 0.717) is 5.75 Å². The molecule has 0 bridgehead atoms.